The van der Waals surface area contributed by atoms with Crippen LogP contribution < -0.4 is 5.32 Å². The van der Waals surface area contributed by atoms with Gasteiger partial charge in [0.15, 0.2) is 5.82 Å². The van der Waals surface area contributed by atoms with Gasteiger partial charge in [-0.05, 0) is 44.0 Å². The van der Waals surface area contributed by atoms with E-state index in [2.05, 4.69) is 50.4 Å². The molecule has 2 atom stereocenters. The van der Waals surface area contributed by atoms with E-state index in [-0.39, 0.29) is 0 Å². The normalized spacial score (nSPS) is 22.9. The lowest BCUT2D eigenvalue weighted by atomic mass is 9.93. The van der Waals surface area contributed by atoms with E-state index in [4.69, 9.17) is 4.52 Å². The van der Waals surface area contributed by atoms with Crippen LogP contribution in [0.5, 0.6) is 0 Å². The molecule has 0 bridgehead atoms. The number of aromatic nitrogens is 2. The largest absolute Gasteiger partial charge is 0.339 e. The third-order valence-electron chi connectivity index (χ3n) is 3.73. The molecule has 1 aromatic carbocycles. The third-order valence-corrected chi connectivity index (χ3v) is 4.26. The lowest BCUT2D eigenvalue weighted by Gasteiger charge is -2.25. The van der Waals surface area contributed by atoms with E-state index in [1.54, 1.807) is 0 Å². The topological polar surface area (TPSA) is 51.0 Å². The number of hydrogen-bond acceptors (Lipinski definition) is 4. The highest BCUT2D eigenvalue weighted by atomic mass is 79.9. The van der Waals surface area contributed by atoms with Crippen LogP contribution in [0.25, 0.3) is 0 Å². The minimum atomic E-state index is 0.400. The Morgan fingerprint density at radius 1 is 1.35 bits per heavy atom. The SMILES string of the molecule is CC1CC(c2nc(Cc3ccc(Br)cc3)no2)CCN1. The van der Waals surface area contributed by atoms with Crippen molar-refractivity contribution in [2.75, 3.05) is 6.54 Å². The Morgan fingerprint density at radius 2 is 2.15 bits per heavy atom. The van der Waals surface area contributed by atoms with Crippen LogP contribution in [0.3, 0.4) is 0 Å². The summed E-state index contributed by atoms with van der Waals surface area (Å²) in [5.74, 6) is 1.97. The van der Waals surface area contributed by atoms with Gasteiger partial charge in [0.2, 0.25) is 5.89 Å². The number of halogens is 1. The Kier molecular flexibility index (Phi) is 4.17. The van der Waals surface area contributed by atoms with Gasteiger partial charge >= 0.3 is 0 Å². The zero-order chi connectivity index (χ0) is 13.9. The summed E-state index contributed by atoms with van der Waals surface area (Å²) in [4.78, 5) is 4.57. The summed E-state index contributed by atoms with van der Waals surface area (Å²) in [6, 6.07) is 8.74. The fourth-order valence-electron chi connectivity index (χ4n) is 2.65. The zero-order valence-electron chi connectivity index (χ0n) is 11.5. The van der Waals surface area contributed by atoms with Gasteiger partial charge in [0.05, 0.1) is 0 Å². The highest BCUT2D eigenvalue weighted by Crippen LogP contribution is 2.26. The fourth-order valence-corrected chi connectivity index (χ4v) is 2.91. The first-order valence-corrected chi connectivity index (χ1v) is 7.80. The molecule has 2 aromatic rings. The zero-order valence-corrected chi connectivity index (χ0v) is 13.1. The second kappa shape index (κ2) is 6.06. The van der Waals surface area contributed by atoms with Gasteiger partial charge in [-0.1, -0.05) is 33.2 Å². The summed E-state index contributed by atoms with van der Waals surface area (Å²) < 4.78 is 6.53. The average molecular weight is 336 g/mol. The Morgan fingerprint density at radius 3 is 2.90 bits per heavy atom. The molecule has 20 heavy (non-hydrogen) atoms. The Balaban J connectivity index is 1.68. The van der Waals surface area contributed by atoms with Gasteiger partial charge in [0.25, 0.3) is 0 Å². The standard InChI is InChI=1S/C15H18BrN3O/c1-10-8-12(6-7-17-10)15-18-14(19-20-15)9-11-2-4-13(16)5-3-11/h2-5,10,12,17H,6-9H2,1H3. The number of piperidine rings is 1. The van der Waals surface area contributed by atoms with Crippen molar-refractivity contribution in [3.8, 4) is 0 Å². The van der Waals surface area contributed by atoms with E-state index in [0.29, 0.717) is 12.0 Å². The fraction of sp³-hybridized carbons (Fsp3) is 0.467. The summed E-state index contributed by atoms with van der Waals surface area (Å²) in [7, 11) is 0. The number of rotatable bonds is 3. The quantitative estimate of drug-likeness (QED) is 0.935. The first kappa shape index (κ1) is 13.8. The number of nitrogens with zero attached hydrogens (tertiary/aromatic N) is 2. The van der Waals surface area contributed by atoms with E-state index in [1.807, 2.05) is 12.1 Å². The summed E-state index contributed by atoms with van der Waals surface area (Å²) >= 11 is 3.44. The monoisotopic (exact) mass is 335 g/mol. The van der Waals surface area contributed by atoms with Crippen LogP contribution in [0.15, 0.2) is 33.3 Å². The molecule has 1 N–H and O–H groups in total. The van der Waals surface area contributed by atoms with Gasteiger partial charge in [-0.15, -0.1) is 0 Å². The van der Waals surface area contributed by atoms with Crippen molar-refractivity contribution in [2.45, 2.75) is 38.1 Å². The molecule has 1 aliphatic heterocycles. The van der Waals surface area contributed by atoms with Crippen LogP contribution >= 0.6 is 15.9 Å². The predicted octanol–water partition coefficient (Wildman–Crippen LogP) is 3.28. The first-order chi connectivity index (χ1) is 9.70. The molecule has 3 rings (SSSR count). The van der Waals surface area contributed by atoms with Gasteiger partial charge < -0.3 is 9.84 Å². The average Bonchev–Trinajstić information content (AvgIpc) is 2.90. The molecule has 1 saturated heterocycles. The molecule has 2 unspecified atom stereocenters. The maximum Gasteiger partial charge on any atom is 0.229 e. The molecule has 1 aliphatic rings. The van der Waals surface area contributed by atoms with Crippen LogP contribution in [-0.2, 0) is 6.42 Å². The molecule has 1 fully saturated rings. The molecule has 0 amide bonds. The van der Waals surface area contributed by atoms with Gasteiger partial charge in [-0.25, -0.2) is 0 Å². The molecule has 1 aromatic heterocycles. The summed E-state index contributed by atoms with van der Waals surface area (Å²) in [6.07, 6.45) is 2.86. The summed E-state index contributed by atoms with van der Waals surface area (Å²) in [5, 5.41) is 7.56. The van der Waals surface area contributed by atoms with Crippen molar-refractivity contribution in [2.24, 2.45) is 0 Å². The third kappa shape index (κ3) is 3.27. The molecule has 0 aliphatic carbocycles. The predicted molar refractivity (Wildman–Crippen MR) is 80.7 cm³/mol. The maximum absolute atomic E-state index is 5.45. The molecule has 0 saturated carbocycles. The molecule has 5 heteroatoms. The molecule has 0 spiro atoms. The van der Waals surface area contributed by atoms with E-state index in [1.165, 1.54) is 5.56 Å². The number of nitrogens with one attached hydrogen (secondary N) is 1. The smallest absolute Gasteiger partial charge is 0.229 e. The van der Waals surface area contributed by atoms with Gasteiger partial charge in [0.1, 0.15) is 0 Å². The molecule has 0 radical (unpaired) electrons. The van der Waals surface area contributed by atoms with E-state index >= 15 is 0 Å². The van der Waals surface area contributed by atoms with Crippen molar-refractivity contribution in [3.05, 3.63) is 46.0 Å². The van der Waals surface area contributed by atoms with Crippen molar-refractivity contribution in [1.82, 2.24) is 15.5 Å². The van der Waals surface area contributed by atoms with E-state index < -0.39 is 0 Å². The van der Waals surface area contributed by atoms with Gasteiger partial charge in [-0.2, -0.15) is 4.98 Å². The minimum absolute atomic E-state index is 0.400. The molecule has 4 nitrogen and oxygen atoms in total. The molecular formula is C15H18BrN3O. The minimum Gasteiger partial charge on any atom is -0.339 e. The number of hydrogen-bond donors (Lipinski definition) is 1. The van der Waals surface area contributed by atoms with Crippen LogP contribution in [0.1, 0.15) is 43.0 Å². The second-order valence-corrected chi connectivity index (χ2v) is 6.34. The Labute approximate surface area is 127 Å². The highest BCUT2D eigenvalue weighted by molar-refractivity contribution is 9.10. The number of benzene rings is 1. The first-order valence-electron chi connectivity index (χ1n) is 7.01. The molecule has 2 heterocycles. The van der Waals surface area contributed by atoms with Crippen LogP contribution in [0.2, 0.25) is 0 Å². The second-order valence-electron chi connectivity index (χ2n) is 5.43. The highest BCUT2D eigenvalue weighted by Gasteiger charge is 2.24. The van der Waals surface area contributed by atoms with Crippen molar-refractivity contribution in [1.29, 1.82) is 0 Å². The van der Waals surface area contributed by atoms with Gasteiger partial charge in [0, 0.05) is 22.9 Å². The maximum atomic E-state index is 5.45. The van der Waals surface area contributed by atoms with Crippen LogP contribution in [0.4, 0.5) is 0 Å². The van der Waals surface area contributed by atoms with E-state index in [9.17, 15) is 0 Å². The van der Waals surface area contributed by atoms with Crippen molar-refractivity contribution in [3.63, 3.8) is 0 Å². The van der Waals surface area contributed by atoms with Crippen LogP contribution in [0, 0.1) is 0 Å². The summed E-state index contributed by atoms with van der Waals surface area (Å²) in [5.41, 5.74) is 1.19. The van der Waals surface area contributed by atoms with Crippen LogP contribution in [-0.4, -0.2) is 22.7 Å². The lowest BCUT2D eigenvalue weighted by Crippen LogP contribution is -2.34. The Hall–Kier alpha value is -1.20. The van der Waals surface area contributed by atoms with Crippen molar-refractivity contribution < 1.29 is 4.52 Å². The molecule has 106 valence electrons. The summed E-state index contributed by atoms with van der Waals surface area (Å²) in [6.45, 7) is 3.22. The lowest BCUT2D eigenvalue weighted by molar-refractivity contribution is 0.294. The van der Waals surface area contributed by atoms with Gasteiger partial charge in [-0.3, -0.25) is 0 Å². The van der Waals surface area contributed by atoms with E-state index in [0.717, 1.165) is 42.0 Å². The molecular weight excluding hydrogens is 318 g/mol. The van der Waals surface area contributed by atoms with Crippen molar-refractivity contribution >= 4 is 15.9 Å². The Bertz CT molecular complexity index is 567.